The molecule has 0 spiro atoms. The molecular formula is C14H17BrN2O2. The van der Waals surface area contributed by atoms with Crippen LogP contribution in [0.25, 0.3) is 0 Å². The fourth-order valence-electron chi connectivity index (χ4n) is 2.99. The second-order valence-corrected chi connectivity index (χ2v) is 6.14. The molecule has 0 aromatic heterocycles. The van der Waals surface area contributed by atoms with Crippen LogP contribution in [0.1, 0.15) is 23.2 Å². The molecule has 2 fully saturated rings. The predicted molar refractivity (Wildman–Crippen MR) is 75.8 cm³/mol. The van der Waals surface area contributed by atoms with Gasteiger partial charge in [-0.25, -0.2) is 0 Å². The van der Waals surface area contributed by atoms with Crippen LogP contribution in [-0.2, 0) is 4.74 Å². The van der Waals surface area contributed by atoms with E-state index in [0.29, 0.717) is 11.5 Å². The van der Waals surface area contributed by atoms with Crippen LogP contribution in [0, 0.1) is 5.92 Å². The number of fused-ring (bicyclic) bond motifs is 1. The summed E-state index contributed by atoms with van der Waals surface area (Å²) < 4.78 is 6.61. The highest BCUT2D eigenvalue weighted by Gasteiger charge is 2.51. The molecule has 0 bridgehead atoms. The summed E-state index contributed by atoms with van der Waals surface area (Å²) in [5.74, 6) is 0.316. The van der Waals surface area contributed by atoms with E-state index < -0.39 is 0 Å². The molecule has 1 aliphatic carbocycles. The largest absolute Gasteiger partial charge is 0.376 e. The van der Waals surface area contributed by atoms with Crippen LogP contribution in [0.4, 0.5) is 0 Å². The third-order valence-electron chi connectivity index (χ3n) is 4.06. The van der Waals surface area contributed by atoms with Crippen molar-refractivity contribution in [1.29, 1.82) is 0 Å². The molecule has 3 rings (SSSR count). The van der Waals surface area contributed by atoms with E-state index in [1.54, 1.807) is 12.1 Å². The Hall–Kier alpha value is -0.910. The molecule has 0 radical (unpaired) electrons. The van der Waals surface area contributed by atoms with Gasteiger partial charge in [-0.2, -0.15) is 0 Å². The van der Waals surface area contributed by atoms with Crippen LogP contribution in [0.3, 0.4) is 0 Å². The molecule has 4 unspecified atom stereocenters. The van der Waals surface area contributed by atoms with Crippen molar-refractivity contribution in [3.05, 3.63) is 34.3 Å². The number of halogens is 1. The van der Waals surface area contributed by atoms with Crippen LogP contribution in [0.15, 0.2) is 28.7 Å². The van der Waals surface area contributed by atoms with E-state index in [2.05, 4.69) is 21.2 Å². The fraction of sp³-hybridized carbons (Fsp3) is 0.500. The first-order valence-electron chi connectivity index (χ1n) is 6.60. The van der Waals surface area contributed by atoms with Crippen molar-refractivity contribution in [2.24, 2.45) is 11.7 Å². The normalized spacial score (nSPS) is 33.2. The van der Waals surface area contributed by atoms with Gasteiger partial charge in [0.1, 0.15) is 0 Å². The van der Waals surface area contributed by atoms with E-state index in [-0.39, 0.29) is 24.1 Å². The van der Waals surface area contributed by atoms with E-state index in [1.807, 2.05) is 12.1 Å². The monoisotopic (exact) mass is 324 g/mol. The zero-order chi connectivity index (χ0) is 13.4. The van der Waals surface area contributed by atoms with Gasteiger partial charge >= 0.3 is 0 Å². The number of benzene rings is 1. The number of carbonyl (C=O) groups excluding carboxylic acids is 1. The van der Waals surface area contributed by atoms with Gasteiger partial charge in [-0.1, -0.05) is 22.0 Å². The summed E-state index contributed by atoms with van der Waals surface area (Å²) in [6.45, 7) is 0.775. The Morgan fingerprint density at radius 1 is 1.47 bits per heavy atom. The SMILES string of the molecule is NC1C2CCCOC2C1NC(=O)c1cccc(Br)c1. The zero-order valence-corrected chi connectivity index (χ0v) is 12.1. The minimum absolute atomic E-state index is 0.0152. The van der Waals surface area contributed by atoms with Gasteiger partial charge in [0.05, 0.1) is 12.1 Å². The van der Waals surface area contributed by atoms with E-state index in [0.717, 1.165) is 23.9 Å². The van der Waals surface area contributed by atoms with Crippen LogP contribution in [0.5, 0.6) is 0 Å². The molecule has 1 aromatic carbocycles. The van der Waals surface area contributed by atoms with Crippen molar-refractivity contribution in [1.82, 2.24) is 5.32 Å². The lowest BCUT2D eigenvalue weighted by Crippen LogP contribution is -2.72. The number of nitrogens with one attached hydrogen (secondary N) is 1. The molecule has 5 heteroatoms. The quantitative estimate of drug-likeness (QED) is 0.870. The van der Waals surface area contributed by atoms with E-state index in [1.165, 1.54) is 0 Å². The summed E-state index contributed by atoms with van der Waals surface area (Å²) in [6, 6.07) is 7.30. The van der Waals surface area contributed by atoms with E-state index >= 15 is 0 Å². The maximum absolute atomic E-state index is 12.2. The molecule has 1 amide bonds. The van der Waals surface area contributed by atoms with Crippen molar-refractivity contribution < 1.29 is 9.53 Å². The second-order valence-electron chi connectivity index (χ2n) is 5.23. The highest BCUT2D eigenvalue weighted by molar-refractivity contribution is 9.10. The maximum atomic E-state index is 12.2. The van der Waals surface area contributed by atoms with E-state index in [4.69, 9.17) is 10.5 Å². The van der Waals surface area contributed by atoms with Crippen LogP contribution < -0.4 is 11.1 Å². The van der Waals surface area contributed by atoms with Gasteiger partial charge in [-0.15, -0.1) is 0 Å². The third kappa shape index (κ3) is 2.42. The average molecular weight is 325 g/mol. The Balaban J connectivity index is 1.67. The van der Waals surface area contributed by atoms with Gasteiger partial charge in [-0.05, 0) is 31.0 Å². The fourth-order valence-corrected chi connectivity index (χ4v) is 3.39. The number of ether oxygens (including phenoxy) is 1. The minimum Gasteiger partial charge on any atom is -0.376 e. The van der Waals surface area contributed by atoms with Crippen molar-refractivity contribution in [3.8, 4) is 0 Å². The smallest absolute Gasteiger partial charge is 0.251 e. The highest BCUT2D eigenvalue weighted by Crippen LogP contribution is 2.37. The van der Waals surface area contributed by atoms with Gasteiger partial charge in [0, 0.05) is 28.6 Å². The average Bonchev–Trinajstić information content (AvgIpc) is 2.44. The lowest BCUT2D eigenvalue weighted by Gasteiger charge is -2.52. The first-order chi connectivity index (χ1) is 9.16. The number of hydrogen-bond donors (Lipinski definition) is 2. The molecule has 102 valence electrons. The summed E-state index contributed by atoms with van der Waals surface area (Å²) in [6.07, 6.45) is 2.27. The molecule has 1 saturated heterocycles. The molecule has 19 heavy (non-hydrogen) atoms. The standard InChI is InChI=1S/C14H17BrN2O2/c15-9-4-1-3-8(7-9)14(18)17-12-11(16)10-5-2-6-19-13(10)12/h1,3-4,7,10-13H,2,5-6,16H2,(H,17,18). The van der Waals surface area contributed by atoms with Crippen molar-refractivity contribution in [3.63, 3.8) is 0 Å². The zero-order valence-electron chi connectivity index (χ0n) is 10.5. The highest BCUT2D eigenvalue weighted by atomic mass is 79.9. The molecular weight excluding hydrogens is 308 g/mol. The lowest BCUT2D eigenvalue weighted by molar-refractivity contribution is -0.117. The van der Waals surface area contributed by atoms with Gasteiger partial charge in [0.15, 0.2) is 0 Å². The van der Waals surface area contributed by atoms with Crippen molar-refractivity contribution in [2.45, 2.75) is 31.0 Å². The summed E-state index contributed by atoms with van der Waals surface area (Å²) in [4.78, 5) is 12.2. The predicted octanol–water partition coefficient (Wildman–Crippen LogP) is 1.68. The summed E-state index contributed by atoms with van der Waals surface area (Å²) in [5, 5.41) is 3.00. The van der Waals surface area contributed by atoms with Crippen molar-refractivity contribution in [2.75, 3.05) is 6.61 Å². The summed E-state index contributed by atoms with van der Waals surface area (Å²) in [7, 11) is 0. The van der Waals surface area contributed by atoms with Crippen LogP contribution >= 0.6 is 15.9 Å². The minimum atomic E-state index is -0.0885. The molecule has 2 aliphatic rings. The summed E-state index contributed by atoms with van der Waals surface area (Å²) >= 11 is 3.37. The van der Waals surface area contributed by atoms with Crippen molar-refractivity contribution >= 4 is 21.8 Å². The topological polar surface area (TPSA) is 64.3 Å². The first kappa shape index (κ1) is 13.1. The number of hydrogen-bond acceptors (Lipinski definition) is 3. The Bertz CT molecular complexity index is 494. The third-order valence-corrected chi connectivity index (χ3v) is 4.55. The molecule has 1 heterocycles. The molecule has 4 nitrogen and oxygen atoms in total. The van der Waals surface area contributed by atoms with Gasteiger partial charge in [-0.3, -0.25) is 4.79 Å². The molecule has 1 aromatic rings. The number of nitrogens with two attached hydrogens (primary N) is 1. The molecule has 4 atom stereocenters. The molecule has 1 aliphatic heterocycles. The molecule has 3 N–H and O–H groups in total. The Labute approximate surface area is 120 Å². The van der Waals surface area contributed by atoms with Gasteiger partial charge < -0.3 is 15.8 Å². The number of amides is 1. The molecule has 1 saturated carbocycles. The lowest BCUT2D eigenvalue weighted by atomic mass is 9.68. The Morgan fingerprint density at radius 3 is 3.11 bits per heavy atom. The maximum Gasteiger partial charge on any atom is 0.251 e. The van der Waals surface area contributed by atoms with Gasteiger partial charge in [0.2, 0.25) is 0 Å². The summed E-state index contributed by atoms with van der Waals surface area (Å²) in [5.41, 5.74) is 6.77. The van der Waals surface area contributed by atoms with E-state index in [9.17, 15) is 4.79 Å². The first-order valence-corrected chi connectivity index (χ1v) is 7.40. The van der Waals surface area contributed by atoms with Crippen LogP contribution in [0.2, 0.25) is 0 Å². The number of rotatable bonds is 2. The Kier molecular flexibility index (Phi) is 3.60. The Morgan fingerprint density at radius 2 is 2.32 bits per heavy atom. The number of carbonyl (C=O) groups is 1. The van der Waals surface area contributed by atoms with Gasteiger partial charge in [0.25, 0.3) is 5.91 Å². The second kappa shape index (κ2) is 5.23. The van der Waals surface area contributed by atoms with Crippen LogP contribution in [-0.4, -0.2) is 30.7 Å².